The van der Waals surface area contributed by atoms with Crippen LogP contribution >= 0.6 is 0 Å². The Morgan fingerprint density at radius 1 is 0.955 bits per heavy atom. The molecule has 0 unspecified atom stereocenters. The number of rotatable bonds is 1. The predicted molar refractivity (Wildman–Crippen MR) is 88.9 cm³/mol. The van der Waals surface area contributed by atoms with Gasteiger partial charge in [-0.1, -0.05) is 36.4 Å². The Bertz CT molecular complexity index is 677. The number of hydrogen-bond acceptors (Lipinski definition) is 2. The molecule has 2 atom stereocenters. The van der Waals surface area contributed by atoms with Crippen molar-refractivity contribution in [2.45, 2.75) is 12.8 Å². The van der Waals surface area contributed by atoms with Gasteiger partial charge in [0.2, 0.25) is 0 Å². The zero-order valence-corrected chi connectivity index (χ0v) is 12.8. The summed E-state index contributed by atoms with van der Waals surface area (Å²) in [4.78, 5) is 15.1. The molecule has 0 bridgehead atoms. The van der Waals surface area contributed by atoms with Crippen LogP contribution in [0.15, 0.2) is 42.5 Å². The van der Waals surface area contributed by atoms with Gasteiger partial charge in [-0.3, -0.25) is 4.79 Å². The van der Waals surface area contributed by atoms with Gasteiger partial charge in [0.25, 0.3) is 5.91 Å². The maximum Gasteiger partial charge on any atom is 0.254 e. The molecule has 22 heavy (non-hydrogen) atoms. The average Bonchev–Trinajstić information content (AvgIpc) is 2.92. The first kappa shape index (κ1) is 13.8. The molecule has 1 N–H and O–H groups in total. The highest BCUT2D eigenvalue weighted by molar-refractivity contribution is 6.07. The third kappa shape index (κ3) is 2.40. The standard InChI is InChI=1S/C19H22N2O/c22-19(18-7-3-5-14-4-1-2-6-17(14)18)21-10-8-15-12-20-13-16(15)9-11-21/h1-7,15-16,20H,8-13H2/t15-,16+. The van der Waals surface area contributed by atoms with E-state index in [2.05, 4.69) is 28.4 Å². The Morgan fingerprint density at radius 2 is 1.64 bits per heavy atom. The van der Waals surface area contributed by atoms with Crippen LogP contribution in [0.5, 0.6) is 0 Å². The van der Waals surface area contributed by atoms with Crippen LogP contribution in [0.25, 0.3) is 10.8 Å². The summed E-state index contributed by atoms with van der Waals surface area (Å²) in [5.74, 6) is 1.71. The third-order valence-corrected chi connectivity index (χ3v) is 5.33. The molecular weight excluding hydrogens is 272 g/mol. The van der Waals surface area contributed by atoms with Gasteiger partial charge >= 0.3 is 0 Å². The predicted octanol–water partition coefficient (Wildman–Crippen LogP) is 2.91. The quantitative estimate of drug-likeness (QED) is 0.877. The maximum absolute atomic E-state index is 13.0. The zero-order valence-electron chi connectivity index (χ0n) is 12.8. The fraction of sp³-hybridized carbons (Fsp3) is 0.421. The normalized spacial score (nSPS) is 25.0. The summed E-state index contributed by atoms with van der Waals surface area (Å²) in [5.41, 5.74) is 0.850. The Kier molecular flexibility index (Phi) is 3.59. The van der Waals surface area contributed by atoms with E-state index < -0.39 is 0 Å². The average molecular weight is 294 g/mol. The van der Waals surface area contributed by atoms with Crippen molar-refractivity contribution in [3.8, 4) is 0 Å². The smallest absolute Gasteiger partial charge is 0.254 e. The van der Waals surface area contributed by atoms with Crippen molar-refractivity contribution in [2.75, 3.05) is 26.2 Å². The molecule has 2 aliphatic rings. The molecule has 114 valence electrons. The molecule has 0 radical (unpaired) electrons. The SMILES string of the molecule is O=C(c1cccc2ccccc12)N1CC[C@@H]2CNC[C@@H]2CC1. The van der Waals surface area contributed by atoms with E-state index in [4.69, 9.17) is 0 Å². The first-order valence-electron chi connectivity index (χ1n) is 8.30. The molecule has 2 saturated heterocycles. The molecule has 3 heteroatoms. The number of nitrogens with zero attached hydrogens (tertiary/aromatic N) is 1. The molecule has 2 heterocycles. The second-order valence-corrected chi connectivity index (χ2v) is 6.57. The summed E-state index contributed by atoms with van der Waals surface area (Å²) in [6.07, 6.45) is 2.27. The second kappa shape index (κ2) is 5.73. The van der Waals surface area contributed by atoms with Gasteiger partial charge in [-0.2, -0.15) is 0 Å². The topological polar surface area (TPSA) is 32.3 Å². The summed E-state index contributed by atoms with van der Waals surface area (Å²) in [6, 6.07) is 14.2. The van der Waals surface area contributed by atoms with E-state index in [0.717, 1.165) is 67.2 Å². The largest absolute Gasteiger partial charge is 0.339 e. The number of hydrogen-bond donors (Lipinski definition) is 1. The molecular formula is C19H22N2O. The van der Waals surface area contributed by atoms with Crippen molar-refractivity contribution in [3.63, 3.8) is 0 Å². The van der Waals surface area contributed by atoms with Crippen LogP contribution in [0, 0.1) is 11.8 Å². The maximum atomic E-state index is 13.0. The van der Waals surface area contributed by atoms with Crippen LogP contribution < -0.4 is 5.32 Å². The van der Waals surface area contributed by atoms with Crippen LogP contribution in [0.4, 0.5) is 0 Å². The van der Waals surface area contributed by atoms with Crippen LogP contribution in [-0.2, 0) is 0 Å². The molecule has 2 aromatic rings. The lowest BCUT2D eigenvalue weighted by atomic mass is 9.92. The molecule has 0 aliphatic carbocycles. The van der Waals surface area contributed by atoms with E-state index in [0.29, 0.717) is 0 Å². The lowest BCUT2D eigenvalue weighted by Gasteiger charge is -2.21. The minimum Gasteiger partial charge on any atom is -0.339 e. The Hall–Kier alpha value is -1.87. The number of amides is 1. The molecule has 1 amide bonds. The lowest BCUT2D eigenvalue weighted by Crippen LogP contribution is -2.32. The summed E-state index contributed by atoms with van der Waals surface area (Å²) >= 11 is 0. The number of carbonyl (C=O) groups is 1. The van der Waals surface area contributed by atoms with Crippen molar-refractivity contribution in [1.82, 2.24) is 10.2 Å². The molecule has 0 aromatic heterocycles. The Morgan fingerprint density at radius 3 is 2.41 bits per heavy atom. The zero-order chi connectivity index (χ0) is 14.9. The highest BCUT2D eigenvalue weighted by atomic mass is 16.2. The summed E-state index contributed by atoms with van der Waals surface area (Å²) in [6.45, 7) is 4.04. The molecule has 4 rings (SSSR count). The van der Waals surface area contributed by atoms with Gasteiger partial charge in [0, 0.05) is 18.7 Å². The monoisotopic (exact) mass is 294 g/mol. The highest BCUT2D eigenvalue weighted by Gasteiger charge is 2.31. The number of carbonyl (C=O) groups excluding carboxylic acids is 1. The van der Waals surface area contributed by atoms with Gasteiger partial charge in [0.1, 0.15) is 0 Å². The molecule has 2 aliphatic heterocycles. The van der Waals surface area contributed by atoms with Crippen molar-refractivity contribution >= 4 is 16.7 Å². The van der Waals surface area contributed by atoms with Gasteiger partial charge in [-0.05, 0) is 54.6 Å². The van der Waals surface area contributed by atoms with E-state index in [9.17, 15) is 4.79 Å². The minimum absolute atomic E-state index is 0.199. The third-order valence-electron chi connectivity index (χ3n) is 5.33. The van der Waals surface area contributed by atoms with Crippen molar-refractivity contribution in [3.05, 3.63) is 48.0 Å². The van der Waals surface area contributed by atoms with Crippen molar-refractivity contribution < 1.29 is 4.79 Å². The number of likely N-dealkylation sites (tertiary alicyclic amines) is 1. The fourth-order valence-corrected chi connectivity index (χ4v) is 4.00. The van der Waals surface area contributed by atoms with Crippen LogP contribution in [0.1, 0.15) is 23.2 Å². The van der Waals surface area contributed by atoms with E-state index in [1.165, 1.54) is 0 Å². The molecule has 2 fully saturated rings. The molecule has 0 spiro atoms. The van der Waals surface area contributed by atoms with Crippen molar-refractivity contribution in [2.24, 2.45) is 11.8 Å². The van der Waals surface area contributed by atoms with Gasteiger partial charge in [0.15, 0.2) is 0 Å². The highest BCUT2D eigenvalue weighted by Crippen LogP contribution is 2.28. The van der Waals surface area contributed by atoms with Crippen LogP contribution in [-0.4, -0.2) is 37.0 Å². The molecule has 3 nitrogen and oxygen atoms in total. The van der Waals surface area contributed by atoms with E-state index >= 15 is 0 Å². The minimum atomic E-state index is 0.199. The van der Waals surface area contributed by atoms with Crippen molar-refractivity contribution in [1.29, 1.82) is 0 Å². The van der Waals surface area contributed by atoms with Gasteiger partial charge in [0.05, 0.1) is 0 Å². The number of fused-ring (bicyclic) bond motifs is 2. The van der Waals surface area contributed by atoms with Gasteiger partial charge in [-0.25, -0.2) is 0 Å². The van der Waals surface area contributed by atoms with Crippen LogP contribution in [0.2, 0.25) is 0 Å². The first-order chi connectivity index (χ1) is 10.8. The summed E-state index contributed by atoms with van der Waals surface area (Å²) < 4.78 is 0. The molecule has 0 saturated carbocycles. The number of nitrogens with one attached hydrogen (secondary N) is 1. The van der Waals surface area contributed by atoms with Gasteiger partial charge < -0.3 is 10.2 Å². The van der Waals surface area contributed by atoms with Gasteiger partial charge in [-0.15, -0.1) is 0 Å². The molecule has 2 aromatic carbocycles. The van der Waals surface area contributed by atoms with Crippen LogP contribution in [0.3, 0.4) is 0 Å². The van der Waals surface area contributed by atoms with E-state index in [1.54, 1.807) is 0 Å². The number of benzene rings is 2. The van der Waals surface area contributed by atoms with E-state index in [-0.39, 0.29) is 5.91 Å². The summed E-state index contributed by atoms with van der Waals surface area (Å²) in [7, 11) is 0. The summed E-state index contributed by atoms with van der Waals surface area (Å²) in [5, 5.41) is 5.70. The Labute approximate surface area is 131 Å². The fourth-order valence-electron chi connectivity index (χ4n) is 4.00. The lowest BCUT2D eigenvalue weighted by molar-refractivity contribution is 0.0760. The second-order valence-electron chi connectivity index (χ2n) is 6.57. The first-order valence-corrected chi connectivity index (χ1v) is 8.30. The van der Waals surface area contributed by atoms with E-state index in [1.807, 2.05) is 24.3 Å². The Balaban J connectivity index is 1.60.